The number of nitrogens with zero attached hydrogens (tertiary/aromatic N) is 6. The first-order chi connectivity index (χ1) is 15.9. The molecule has 168 valence electrons. The van der Waals surface area contributed by atoms with Crippen molar-refractivity contribution < 1.29 is 13.2 Å². The Morgan fingerprint density at radius 2 is 1.70 bits per heavy atom. The predicted molar refractivity (Wildman–Crippen MR) is 121 cm³/mol. The van der Waals surface area contributed by atoms with E-state index in [9.17, 15) is 13.2 Å². The number of hydrogen-bond acceptors (Lipinski definition) is 7. The summed E-state index contributed by atoms with van der Waals surface area (Å²) in [6.45, 7) is 0.802. The molecule has 1 saturated heterocycles. The molecule has 0 aliphatic carbocycles. The number of piperazine rings is 1. The Morgan fingerprint density at radius 3 is 2.39 bits per heavy atom. The van der Waals surface area contributed by atoms with Crippen LogP contribution in [0.15, 0.2) is 60.3 Å². The molecule has 1 aromatic carbocycles. The van der Waals surface area contributed by atoms with Gasteiger partial charge in [-0.05, 0) is 30.3 Å². The molecule has 1 amide bonds. The molecular formula is C21H18ClN7O3S. The van der Waals surface area contributed by atoms with Crippen LogP contribution in [0.25, 0.3) is 22.4 Å². The molecule has 1 N–H and O–H groups in total. The van der Waals surface area contributed by atoms with E-state index in [4.69, 9.17) is 11.6 Å². The second-order valence-electron chi connectivity index (χ2n) is 7.43. The first-order valence-corrected chi connectivity index (χ1v) is 11.9. The number of carbonyl (C=O) groups excluding carboxylic acids is 1. The van der Waals surface area contributed by atoms with Crippen molar-refractivity contribution in [1.82, 2.24) is 34.1 Å². The lowest BCUT2D eigenvalue weighted by molar-refractivity contribution is 0.0697. The second kappa shape index (κ2) is 8.50. The van der Waals surface area contributed by atoms with E-state index < -0.39 is 10.0 Å². The van der Waals surface area contributed by atoms with Crippen LogP contribution >= 0.6 is 11.6 Å². The van der Waals surface area contributed by atoms with Crippen LogP contribution in [0, 0.1) is 0 Å². The fourth-order valence-electron chi connectivity index (χ4n) is 3.61. The summed E-state index contributed by atoms with van der Waals surface area (Å²) in [6, 6.07) is 8.51. The fourth-order valence-corrected chi connectivity index (χ4v) is 5.12. The smallest absolute Gasteiger partial charge is 0.276 e. The number of pyridine rings is 1. The van der Waals surface area contributed by atoms with Crippen LogP contribution in [0.2, 0.25) is 5.02 Å². The molecule has 4 aromatic rings. The summed E-state index contributed by atoms with van der Waals surface area (Å²) in [5.74, 6) is 0.253. The van der Waals surface area contributed by atoms with Gasteiger partial charge in [-0.3, -0.25) is 9.78 Å². The Hall–Kier alpha value is -3.41. The molecule has 0 unspecified atom stereocenters. The third-order valence-electron chi connectivity index (χ3n) is 5.37. The Bertz CT molecular complexity index is 1420. The second-order valence-corrected chi connectivity index (χ2v) is 9.72. The van der Waals surface area contributed by atoms with E-state index in [2.05, 4.69) is 24.9 Å². The zero-order valence-corrected chi connectivity index (χ0v) is 18.8. The molecule has 10 nitrogen and oxygen atoms in total. The fraction of sp³-hybridized carbons (Fsp3) is 0.190. The average molecular weight is 484 g/mol. The van der Waals surface area contributed by atoms with Crippen LogP contribution in [0.5, 0.6) is 0 Å². The van der Waals surface area contributed by atoms with Gasteiger partial charge in [0.05, 0.1) is 16.6 Å². The molecule has 3 aromatic heterocycles. The minimum atomic E-state index is -3.83. The Labute approximate surface area is 194 Å². The number of hydrogen-bond donors (Lipinski definition) is 1. The van der Waals surface area contributed by atoms with Gasteiger partial charge in [0.15, 0.2) is 5.82 Å². The van der Waals surface area contributed by atoms with Crippen molar-refractivity contribution in [3.05, 3.63) is 65.7 Å². The minimum Gasteiger partial charge on any atom is -0.336 e. The van der Waals surface area contributed by atoms with Crippen LogP contribution in [0.1, 0.15) is 10.4 Å². The molecule has 0 spiro atoms. The summed E-state index contributed by atoms with van der Waals surface area (Å²) < 4.78 is 27.4. The molecular weight excluding hydrogens is 466 g/mol. The number of aromatic amines is 1. The van der Waals surface area contributed by atoms with Crippen molar-refractivity contribution in [3.8, 4) is 11.4 Å². The summed E-state index contributed by atoms with van der Waals surface area (Å²) in [7, 11) is -3.83. The maximum Gasteiger partial charge on any atom is 0.276 e. The summed E-state index contributed by atoms with van der Waals surface area (Å²) in [5.41, 5.74) is 2.21. The van der Waals surface area contributed by atoms with Crippen molar-refractivity contribution in [2.24, 2.45) is 0 Å². The molecule has 5 rings (SSSR count). The number of rotatable bonds is 4. The van der Waals surface area contributed by atoms with E-state index in [0.717, 1.165) is 5.56 Å². The van der Waals surface area contributed by atoms with Gasteiger partial charge in [0.1, 0.15) is 0 Å². The Kier molecular flexibility index (Phi) is 5.52. The summed E-state index contributed by atoms with van der Waals surface area (Å²) in [5, 5.41) is 0.347. The van der Waals surface area contributed by atoms with Crippen molar-refractivity contribution in [2.45, 2.75) is 5.16 Å². The van der Waals surface area contributed by atoms with Gasteiger partial charge in [-0.15, -0.1) is 0 Å². The van der Waals surface area contributed by atoms with Gasteiger partial charge in [-0.2, -0.15) is 4.31 Å². The van der Waals surface area contributed by atoms with Crippen LogP contribution < -0.4 is 0 Å². The highest BCUT2D eigenvalue weighted by Gasteiger charge is 2.32. The topological polar surface area (TPSA) is 125 Å². The lowest BCUT2D eigenvalue weighted by Crippen LogP contribution is -2.50. The van der Waals surface area contributed by atoms with Gasteiger partial charge >= 0.3 is 0 Å². The minimum absolute atomic E-state index is 0.139. The molecule has 1 aliphatic heterocycles. The highest BCUT2D eigenvalue weighted by atomic mass is 35.5. The normalized spacial score (nSPS) is 15.1. The number of aromatic nitrogens is 5. The monoisotopic (exact) mass is 483 g/mol. The van der Waals surface area contributed by atoms with Crippen LogP contribution in [0.4, 0.5) is 0 Å². The van der Waals surface area contributed by atoms with Gasteiger partial charge in [0, 0.05) is 61.6 Å². The highest BCUT2D eigenvalue weighted by Crippen LogP contribution is 2.22. The number of benzene rings is 1. The molecule has 4 heterocycles. The molecule has 1 fully saturated rings. The first kappa shape index (κ1) is 21.4. The van der Waals surface area contributed by atoms with Crippen molar-refractivity contribution in [3.63, 3.8) is 0 Å². The average Bonchev–Trinajstić information content (AvgIpc) is 3.28. The summed E-state index contributed by atoms with van der Waals surface area (Å²) in [6.07, 6.45) is 6.25. The maximum absolute atomic E-state index is 13.0. The number of sulfonamides is 1. The van der Waals surface area contributed by atoms with E-state index in [1.807, 2.05) is 0 Å². The van der Waals surface area contributed by atoms with E-state index in [-0.39, 0.29) is 37.2 Å². The maximum atomic E-state index is 13.0. The van der Waals surface area contributed by atoms with E-state index in [1.165, 1.54) is 16.7 Å². The Balaban J connectivity index is 1.26. The van der Waals surface area contributed by atoms with Gasteiger partial charge < -0.3 is 9.88 Å². The molecule has 33 heavy (non-hydrogen) atoms. The van der Waals surface area contributed by atoms with Gasteiger partial charge in [-0.25, -0.2) is 23.4 Å². The quantitative estimate of drug-likeness (QED) is 0.471. The van der Waals surface area contributed by atoms with Crippen LogP contribution in [-0.2, 0) is 10.0 Å². The number of H-pyrrole nitrogens is 1. The van der Waals surface area contributed by atoms with E-state index in [0.29, 0.717) is 27.4 Å². The summed E-state index contributed by atoms with van der Waals surface area (Å²) in [4.78, 5) is 34.0. The molecule has 0 atom stereocenters. The highest BCUT2D eigenvalue weighted by molar-refractivity contribution is 7.89. The Morgan fingerprint density at radius 1 is 1.00 bits per heavy atom. The van der Waals surface area contributed by atoms with Crippen LogP contribution in [0.3, 0.4) is 0 Å². The first-order valence-electron chi connectivity index (χ1n) is 10.1. The molecule has 0 radical (unpaired) electrons. The standard InChI is InChI=1S/C21H18ClN7O3S/c22-16-1-2-17-18(11-16)27-21(26-17)33(31,32)29-9-7-28(8-10-29)20(30)15-12-24-19(25-13-15)14-3-5-23-6-4-14/h1-6,11-13H,7-10H2,(H,26,27). The number of amides is 1. The largest absolute Gasteiger partial charge is 0.336 e. The molecule has 1 aliphatic rings. The van der Waals surface area contributed by atoms with Crippen molar-refractivity contribution in [2.75, 3.05) is 26.2 Å². The number of carbonyl (C=O) groups is 1. The predicted octanol–water partition coefficient (Wildman–Crippen LogP) is 2.21. The SMILES string of the molecule is O=C(c1cnc(-c2ccncc2)nc1)N1CCN(S(=O)(=O)c2nc3ccc(Cl)cc3[nH]2)CC1. The van der Waals surface area contributed by atoms with Gasteiger partial charge in [-0.1, -0.05) is 11.6 Å². The van der Waals surface area contributed by atoms with E-state index >= 15 is 0 Å². The van der Waals surface area contributed by atoms with E-state index in [1.54, 1.807) is 47.6 Å². The van der Waals surface area contributed by atoms with Gasteiger partial charge in [0.25, 0.3) is 15.9 Å². The zero-order valence-electron chi connectivity index (χ0n) is 17.2. The van der Waals surface area contributed by atoms with Crippen molar-refractivity contribution in [1.29, 1.82) is 0 Å². The lowest BCUT2D eigenvalue weighted by atomic mass is 10.2. The number of imidazole rings is 1. The molecule has 12 heteroatoms. The number of fused-ring (bicyclic) bond motifs is 1. The zero-order chi connectivity index (χ0) is 23.0. The number of nitrogens with one attached hydrogen (secondary N) is 1. The van der Waals surface area contributed by atoms with Crippen molar-refractivity contribution >= 4 is 38.6 Å². The number of halogens is 1. The summed E-state index contributed by atoms with van der Waals surface area (Å²) >= 11 is 5.97. The van der Waals surface area contributed by atoms with Crippen LogP contribution in [-0.4, -0.2) is 74.6 Å². The third kappa shape index (κ3) is 4.17. The molecule has 0 bridgehead atoms. The lowest BCUT2D eigenvalue weighted by Gasteiger charge is -2.33. The molecule has 0 saturated carbocycles. The van der Waals surface area contributed by atoms with Gasteiger partial charge in [0.2, 0.25) is 5.16 Å². The third-order valence-corrected chi connectivity index (χ3v) is 7.33.